The van der Waals surface area contributed by atoms with Crippen LogP contribution < -0.4 is 4.89 Å². The molecule has 0 amide bonds. The van der Waals surface area contributed by atoms with Crippen LogP contribution >= 0.6 is 7.82 Å². The fraction of sp³-hybridized carbons (Fsp3) is 0.757. The molecule has 0 saturated carbocycles. The number of rotatable bonds is 32. The van der Waals surface area contributed by atoms with Crippen LogP contribution in [0, 0.1) is 0 Å². The molecule has 268 valence electrons. The number of phosphoric acid groups is 1. The third-order valence-corrected chi connectivity index (χ3v) is 8.11. The van der Waals surface area contributed by atoms with Crippen LogP contribution in [-0.4, -0.2) is 70.7 Å². The SMILES string of the molecule is CC/C=C\C/C=C\C/C=C\C/C=C\CCCCCCC(=O)OC(COCCCCCCCCC)COP(=O)([O-])OCC[N+](C)(C)C. The zero-order valence-electron chi connectivity index (χ0n) is 30.0. The van der Waals surface area contributed by atoms with Gasteiger partial charge in [-0.1, -0.05) is 114 Å². The number of quaternary nitrogens is 1. The molecule has 0 bridgehead atoms. The maximum absolute atomic E-state index is 12.5. The Kier molecular flexibility index (Phi) is 29.7. The highest BCUT2D eigenvalue weighted by Crippen LogP contribution is 2.38. The summed E-state index contributed by atoms with van der Waals surface area (Å²) in [5, 5.41) is 0. The lowest BCUT2D eigenvalue weighted by atomic mass is 10.1. The van der Waals surface area contributed by atoms with Crippen molar-refractivity contribution < 1.29 is 37.3 Å². The largest absolute Gasteiger partial charge is 0.756 e. The van der Waals surface area contributed by atoms with E-state index in [-0.39, 0.29) is 32.2 Å². The molecule has 9 heteroatoms. The molecule has 0 heterocycles. The summed E-state index contributed by atoms with van der Waals surface area (Å²) in [6.45, 7) is 5.20. The smallest absolute Gasteiger partial charge is 0.306 e. The van der Waals surface area contributed by atoms with Gasteiger partial charge < -0.3 is 27.9 Å². The summed E-state index contributed by atoms with van der Waals surface area (Å²) in [5.74, 6) is -0.362. The van der Waals surface area contributed by atoms with Gasteiger partial charge in [0.15, 0.2) is 0 Å². The van der Waals surface area contributed by atoms with Crippen LogP contribution in [0.5, 0.6) is 0 Å². The average molecular weight is 670 g/mol. The summed E-state index contributed by atoms with van der Waals surface area (Å²) in [6.07, 6.45) is 34.1. The van der Waals surface area contributed by atoms with Crippen molar-refractivity contribution in [2.45, 2.75) is 129 Å². The first-order valence-corrected chi connectivity index (χ1v) is 19.3. The Morgan fingerprint density at radius 2 is 1.26 bits per heavy atom. The van der Waals surface area contributed by atoms with Crippen LogP contribution in [0.1, 0.15) is 123 Å². The van der Waals surface area contributed by atoms with Crippen molar-refractivity contribution in [3.05, 3.63) is 48.6 Å². The Morgan fingerprint density at radius 1 is 0.696 bits per heavy atom. The number of nitrogens with zero attached hydrogens (tertiary/aromatic N) is 1. The maximum atomic E-state index is 12.5. The first-order chi connectivity index (χ1) is 22.1. The number of carbonyl (C=O) groups excluding carboxylic acids is 1. The first kappa shape index (κ1) is 44.5. The minimum absolute atomic E-state index is 0.0196. The minimum atomic E-state index is -4.52. The summed E-state index contributed by atoms with van der Waals surface area (Å²) >= 11 is 0. The van der Waals surface area contributed by atoms with Gasteiger partial charge in [0.25, 0.3) is 7.82 Å². The standard InChI is InChI=1S/C37H68NO7P/c1-6-8-10-12-14-15-16-17-18-19-20-21-22-23-24-26-28-30-37(39)45-36(34-42-32-29-27-25-13-11-9-7-2)35-44-46(40,41)43-33-31-38(3,4)5/h8,10,14-15,17-18,20-21,36H,6-7,9,11-13,16,19,22-35H2,1-5H3/b10-8-,15-14-,18-17-,21-20-. The van der Waals surface area contributed by atoms with Gasteiger partial charge in [-0.2, -0.15) is 0 Å². The summed E-state index contributed by atoms with van der Waals surface area (Å²) in [7, 11) is 1.33. The van der Waals surface area contributed by atoms with Crippen molar-refractivity contribution in [2.75, 3.05) is 54.1 Å². The van der Waals surface area contributed by atoms with E-state index in [1.54, 1.807) is 0 Å². The van der Waals surface area contributed by atoms with E-state index >= 15 is 0 Å². The summed E-state index contributed by atoms with van der Waals surface area (Å²) in [4.78, 5) is 24.8. The molecule has 0 aliphatic heterocycles. The van der Waals surface area contributed by atoms with Crippen LogP contribution in [0.2, 0.25) is 0 Å². The van der Waals surface area contributed by atoms with Gasteiger partial charge in [0, 0.05) is 13.0 Å². The lowest BCUT2D eigenvalue weighted by Crippen LogP contribution is -2.37. The van der Waals surface area contributed by atoms with Gasteiger partial charge in [0.2, 0.25) is 0 Å². The molecule has 0 aliphatic carbocycles. The molecule has 46 heavy (non-hydrogen) atoms. The predicted octanol–water partition coefficient (Wildman–Crippen LogP) is 9.02. The third-order valence-electron chi connectivity index (χ3n) is 7.14. The van der Waals surface area contributed by atoms with Crippen LogP contribution in [0.3, 0.4) is 0 Å². The highest BCUT2D eigenvalue weighted by Gasteiger charge is 2.20. The van der Waals surface area contributed by atoms with Gasteiger partial charge in [-0.15, -0.1) is 0 Å². The molecule has 0 radical (unpaired) electrons. The van der Waals surface area contributed by atoms with E-state index in [2.05, 4.69) is 62.5 Å². The van der Waals surface area contributed by atoms with Crippen molar-refractivity contribution in [2.24, 2.45) is 0 Å². The van der Waals surface area contributed by atoms with Gasteiger partial charge in [-0.25, -0.2) is 0 Å². The number of likely N-dealkylation sites (N-methyl/N-ethyl adjacent to an activating group) is 1. The lowest BCUT2D eigenvalue weighted by molar-refractivity contribution is -0.870. The van der Waals surface area contributed by atoms with E-state index in [1.165, 1.54) is 32.1 Å². The van der Waals surface area contributed by atoms with Crippen molar-refractivity contribution >= 4 is 13.8 Å². The van der Waals surface area contributed by atoms with Gasteiger partial charge in [-0.05, 0) is 51.4 Å². The monoisotopic (exact) mass is 669 g/mol. The average Bonchev–Trinajstić information content (AvgIpc) is 2.99. The summed E-state index contributed by atoms with van der Waals surface area (Å²) < 4.78 is 34.2. The number of ether oxygens (including phenoxy) is 2. The Hall–Kier alpha value is -1.54. The Balaban J connectivity index is 4.32. The lowest BCUT2D eigenvalue weighted by Gasteiger charge is -2.28. The molecule has 0 aromatic heterocycles. The number of allylic oxidation sites excluding steroid dienone is 8. The highest BCUT2D eigenvalue weighted by molar-refractivity contribution is 7.45. The van der Waals surface area contributed by atoms with E-state index in [1.807, 2.05) is 21.1 Å². The molecule has 8 nitrogen and oxygen atoms in total. The van der Waals surface area contributed by atoms with Crippen LogP contribution in [0.25, 0.3) is 0 Å². The molecular formula is C37H68NO7P. The maximum Gasteiger partial charge on any atom is 0.306 e. The predicted molar refractivity (Wildman–Crippen MR) is 190 cm³/mol. The zero-order chi connectivity index (χ0) is 34.2. The fourth-order valence-electron chi connectivity index (χ4n) is 4.36. The Bertz CT molecular complexity index is 879. The number of hydrogen-bond acceptors (Lipinski definition) is 7. The van der Waals surface area contributed by atoms with Crippen LogP contribution in [-0.2, 0) is 27.9 Å². The Labute approximate surface area is 282 Å². The quantitative estimate of drug-likeness (QED) is 0.0232. The van der Waals surface area contributed by atoms with Gasteiger partial charge in [-0.3, -0.25) is 9.36 Å². The third kappa shape index (κ3) is 33.8. The topological polar surface area (TPSA) is 94.1 Å². The second-order valence-electron chi connectivity index (χ2n) is 12.9. The number of hydrogen-bond donors (Lipinski definition) is 0. The van der Waals surface area contributed by atoms with Crippen molar-refractivity contribution in [3.8, 4) is 0 Å². The van der Waals surface area contributed by atoms with Gasteiger partial charge >= 0.3 is 5.97 Å². The van der Waals surface area contributed by atoms with Crippen molar-refractivity contribution in [1.29, 1.82) is 0 Å². The number of esters is 1. The van der Waals surface area contributed by atoms with Crippen LogP contribution in [0.4, 0.5) is 0 Å². The molecule has 0 aliphatic rings. The van der Waals surface area contributed by atoms with Crippen LogP contribution in [0.15, 0.2) is 48.6 Å². The van der Waals surface area contributed by atoms with Crippen molar-refractivity contribution in [3.63, 3.8) is 0 Å². The zero-order valence-corrected chi connectivity index (χ0v) is 30.9. The molecular weight excluding hydrogens is 601 g/mol. The fourth-order valence-corrected chi connectivity index (χ4v) is 5.09. The van der Waals surface area contributed by atoms with E-state index in [4.69, 9.17) is 18.5 Å². The van der Waals surface area contributed by atoms with E-state index in [9.17, 15) is 14.3 Å². The molecule has 0 fully saturated rings. The summed E-state index contributed by atoms with van der Waals surface area (Å²) in [6, 6.07) is 0. The van der Waals surface area contributed by atoms with Gasteiger partial charge in [0.1, 0.15) is 19.3 Å². The molecule has 2 atom stereocenters. The second-order valence-corrected chi connectivity index (χ2v) is 14.3. The first-order valence-electron chi connectivity index (χ1n) is 17.9. The van der Waals surface area contributed by atoms with Gasteiger partial charge in [0.05, 0.1) is 34.4 Å². The summed E-state index contributed by atoms with van der Waals surface area (Å²) in [5.41, 5.74) is 0. The minimum Gasteiger partial charge on any atom is -0.756 e. The molecule has 0 aromatic carbocycles. The highest BCUT2D eigenvalue weighted by atomic mass is 31.2. The number of carbonyl (C=O) groups is 1. The molecule has 0 aromatic rings. The van der Waals surface area contributed by atoms with E-state index in [0.29, 0.717) is 17.6 Å². The normalized spacial score (nSPS) is 14.7. The number of phosphoric ester groups is 1. The molecule has 0 rings (SSSR count). The molecule has 0 saturated heterocycles. The molecule has 2 unspecified atom stereocenters. The number of unbranched alkanes of at least 4 members (excludes halogenated alkanes) is 10. The van der Waals surface area contributed by atoms with Crippen molar-refractivity contribution in [1.82, 2.24) is 0 Å². The molecule has 0 N–H and O–H groups in total. The second kappa shape index (κ2) is 30.8. The van der Waals surface area contributed by atoms with E-state index in [0.717, 1.165) is 70.6 Å². The Morgan fingerprint density at radius 3 is 1.89 bits per heavy atom. The van der Waals surface area contributed by atoms with E-state index < -0.39 is 13.9 Å². The molecule has 0 spiro atoms.